The number of nitrogens with two attached hydrogens (primary N) is 2. The third-order valence-electron chi connectivity index (χ3n) is 23.0. The number of aliphatic hydroxyl groups excluding tert-OH is 2. The van der Waals surface area contributed by atoms with E-state index in [1.165, 1.54) is 44.6 Å². The fourth-order valence-electron chi connectivity index (χ4n) is 15.6. The van der Waals surface area contributed by atoms with Crippen LogP contribution in [0, 0.1) is 23.4 Å². The average molecular weight is 1900 g/mol. The van der Waals surface area contributed by atoms with Gasteiger partial charge >= 0.3 is 17.9 Å². The van der Waals surface area contributed by atoms with Gasteiger partial charge in [-0.25, -0.2) is 13.2 Å². The van der Waals surface area contributed by atoms with Gasteiger partial charge in [0, 0.05) is 108 Å². The van der Waals surface area contributed by atoms with E-state index in [0.29, 0.717) is 57.9 Å². The highest BCUT2D eigenvalue weighted by Gasteiger charge is 2.48. The molecule has 14 amide bonds. The summed E-state index contributed by atoms with van der Waals surface area (Å²) < 4.78 is 44.8. The number of para-hydroxylation sites is 1. The summed E-state index contributed by atoms with van der Waals surface area (Å²) in [4.78, 5) is 260. The highest BCUT2D eigenvalue weighted by Crippen LogP contribution is 2.29. The molecule has 2 aliphatic heterocycles. The molecule has 2 saturated heterocycles. The quantitative estimate of drug-likeness (QED) is 0.0163. The van der Waals surface area contributed by atoms with E-state index >= 15 is 37.5 Å². The second kappa shape index (κ2) is 50.3. The summed E-state index contributed by atoms with van der Waals surface area (Å²) in [7, 11) is 3.69. The first-order valence-electron chi connectivity index (χ1n) is 43.4. The Morgan fingerprint density at radius 1 is 0.533 bits per heavy atom. The predicted molar refractivity (Wildman–Crippen MR) is 479 cm³/mol. The van der Waals surface area contributed by atoms with Gasteiger partial charge in [0.25, 0.3) is 0 Å². The molecule has 0 radical (unpaired) electrons. The van der Waals surface area contributed by atoms with E-state index in [1.54, 1.807) is 106 Å². The Morgan fingerprint density at radius 3 is 1.60 bits per heavy atom. The molecule has 3 heterocycles. The molecule has 0 bridgehead atoms. The smallest absolute Gasteiger partial charge is 0.305 e. The molecule has 135 heavy (non-hydrogen) atoms. The number of thioether (sulfide) groups is 1. The number of β-amino-alcohol motifs (C(OH)–C–C–N with tert-alkyl or cyclic N) is 2. The maximum absolute atomic E-state index is 15.4. The largest absolute Gasteiger partial charge is 0.508 e. The molecule has 2 aliphatic rings. The zero-order valence-electron chi connectivity index (χ0n) is 74.8. The molecule has 0 saturated carbocycles. The molecular formula is C91H113F3N16O24S. The molecule has 728 valence electrons. The van der Waals surface area contributed by atoms with Crippen LogP contribution in [0.4, 0.5) is 13.2 Å². The molecule has 44 heteroatoms. The van der Waals surface area contributed by atoms with Crippen LogP contribution in [0.25, 0.3) is 10.9 Å². The number of rotatable bonds is 50. The SMILES string of the molecule is CCCC[C@@H](C(=O)N1C[C@H](O)C[C@@H]1C(=O)N[C@H](C=O)CC(=O)O)N(C)C(=O)[C@H](Cc1ccccc1)N(C)C(=O)[C@H](Cc1cc(F)c(F)c(F)c1)NC(=O)CSC[C@H](NC(=O)[C@H](CC(=O)O)NC(=O)[C@H](Cc1ccc(O)cc1)NC(=O)[C@H](Cc1c[nH]c2ccccc12)NC(=O)[C@H]1C[C@@H](O)CN1C(=O)[C@H](CCC(=O)O)NC(=O)C(Cc1ccccc1)N(C)C(=O)[C@@H](N)C(C)C)C(=O)NCC(N)=O. The highest BCUT2D eigenvalue weighted by molar-refractivity contribution is 8.00. The number of aliphatic carboxylic acids is 3. The number of phenolic OH excluding ortho intramolecular Hbond substituents is 1. The summed E-state index contributed by atoms with van der Waals surface area (Å²) in [6.45, 7) is 3.24. The number of aromatic amines is 1. The highest BCUT2D eigenvalue weighted by atomic mass is 32.2. The Balaban J connectivity index is 1.05. The Morgan fingerprint density at radius 2 is 1.04 bits per heavy atom. The molecule has 1 unspecified atom stereocenters. The average Bonchev–Trinajstić information content (AvgIpc) is 1.73. The van der Waals surface area contributed by atoms with Crippen molar-refractivity contribution in [1.82, 2.24) is 72.0 Å². The van der Waals surface area contributed by atoms with Crippen molar-refractivity contribution in [2.24, 2.45) is 17.4 Å². The Labute approximate surface area is 777 Å². The minimum absolute atomic E-state index is 0.0776. The topological polar surface area (TPSA) is 609 Å². The number of carbonyl (C=O) groups excluding carboxylic acids is 15. The minimum Gasteiger partial charge on any atom is -0.508 e. The van der Waals surface area contributed by atoms with Crippen molar-refractivity contribution in [1.29, 1.82) is 0 Å². The van der Waals surface area contributed by atoms with Gasteiger partial charge in [0.15, 0.2) is 17.5 Å². The summed E-state index contributed by atoms with van der Waals surface area (Å²) in [5.41, 5.74) is 13.3. The lowest BCUT2D eigenvalue weighted by Gasteiger charge is -2.37. The van der Waals surface area contributed by atoms with Crippen LogP contribution in [0.1, 0.15) is 106 Å². The maximum atomic E-state index is 15.4. The molecule has 0 aliphatic carbocycles. The first-order valence-corrected chi connectivity index (χ1v) is 44.6. The Hall–Kier alpha value is -13.9. The number of aldehydes is 1. The van der Waals surface area contributed by atoms with Crippen LogP contribution in [0.2, 0.25) is 0 Å². The molecule has 2 fully saturated rings. The molecular weight excluding hydrogens is 1790 g/mol. The second-order valence-corrected chi connectivity index (χ2v) is 34.5. The van der Waals surface area contributed by atoms with Crippen molar-refractivity contribution in [3.8, 4) is 5.75 Å². The zero-order chi connectivity index (χ0) is 99.4. The van der Waals surface area contributed by atoms with E-state index in [0.717, 1.165) is 31.5 Å². The van der Waals surface area contributed by atoms with Gasteiger partial charge in [-0.2, -0.15) is 0 Å². The first kappa shape index (κ1) is 106. The van der Waals surface area contributed by atoms with Crippen LogP contribution in [0.5, 0.6) is 5.75 Å². The normalized spacial score (nSPS) is 17.0. The van der Waals surface area contributed by atoms with E-state index in [2.05, 4.69) is 47.5 Å². The van der Waals surface area contributed by atoms with Crippen molar-refractivity contribution in [2.45, 2.75) is 201 Å². The lowest BCUT2D eigenvalue weighted by atomic mass is 9.99. The van der Waals surface area contributed by atoms with E-state index in [1.807, 2.05) is 0 Å². The van der Waals surface area contributed by atoms with Crippen molar-refractivity contribution in [3.63, 3.8) is 0 Å². The number of halogens is 3. The van der Waals surface area contributed by atoms with Crippen LogP contribution < -0.4 is 54.0 Å². The number of primary amides is 1. The molecule has 19 N–H and O–H groups in total. The number of aromatic nitrogens is 1. The summed E-state index contributed by atoms with van der Waals surface area (Å²) in [5, 5.41) is 81.9. The third kappa shape index (κ3) is 30.6. The first-order chi connectivity index (χ1) is 64.0. The third-order valence-corrected chi connectivity index (χ3v) is 24.1. The van der Waals surface area contributed by atoms with E-state index in [4.69, 9.17) is 11.5 Å². The van der Waals surface area contributed by atoms with Crippen LogP contribution >= 0.6 is 11.8 Å². The number of hydrogen-bond acceptors (Lipinski definition) is 23. The number of nitrogens with zero attached hydrogens (tertiary/aromatic N) is 5. The van der Waals surface area contributed by atoms with Crippen molar-refractivity contribution >= 4 is 130 Å². The van der Waals surface area contributed by atoms with Crippen LogP contribution in [-0.2, 0) is 118 Å². The van der Waals surface area contributed by atoms with Gasteiger partial charge in [-0.3, -0.25) is 81.5 Å². The lowest BCUT2D eigenvalue weighted by Crippen LogP contribution is -2.61. The number of aliphatic hydroxyl groups is 2. The number of likely N-dealkylation sites (N-methyl/N-ethyl adjacent to an activating group) is 3. The number of amides is 14. The van der Waals surface area contributed by atoms with Crippen LogP contribution in [-0.4, -0.2) is 310 Å². The summed E-state index contributed by atoms with van der Waals surface area (Å²) in [6.07, 6.45) is -6.92. The molecule has 40 nitrogen and oxygen atoms in total. The Bertz CT molecular complexity index is 5250. The van der Waals surface area contributed by atoms with Gasteiger partial charge in [-0.15, -0.1) is 11.8 Å². The molecule has 8 rings (SSSR count). The number of unbranched alkanes of at least 4 members (excludes halogenated alkanes) is 1. The number of benzene rings is 5. The van der Waals surface area contributed by atoms with Crippen LogP contribution in [0.15, 0.2) is 128 Å². The number of phenols is 1. The van der Waals surface area contributed by atoms with Gasteiger partial charge in [0.05, 0.1) is 49.4 Å². The number of likely N-dealkylation sites (tertiary alicyclic amines) is 2. The minimum atomic E-state index is -2.22. The number of carbonyl (C=O) groups is 18. The summed E-state index contributed by atoms with van der Waals surface area (Å²) >= 11 is 0.522. The van der Waals surface area contributed by atoms with Gasteiger partial charge in [0.1, 0.15) is 78.5 Å². The summed E-state index contributed by atoms with van der Waals surface area (Å²) in [5.74, 6) is -27.1. The number of H-pyrrole nitrogens is 1. The van der Waals surface area contributed by atoms with Gasteiger partial charge < -0.3 is 119 Å². The van der Waals surface area contributed by atoms with E-state index in [9.17, 15) is 92.6 Å². The predicted octanol–water partition coefficient (Wildman–Crippen LogP) is -0.876. The summed E-state index contributed by atoms with van der Waals surface area (Å²) in [6, 6.07) is 7.63. The van der Waals surface area contributed by atoms with Crippen molar-refractivity contribution in [2.75, 3.05) is 52.3 Å². The number of carboxylic acids is 3. The second-order valence-electron chi connectivity index (χ2n) is 33.5. The monoisotopic (exact) mass is 1900 g/mol. The molecule has 1 aromatic heterocycles. The lowest BCUT2D eigenvalue weighted by molar-refractivity contribution is -0.152. The number of carboxylic acid groups (broad SMARTS) is 3. The fraction of sp³-hybridized carbons (Fsp3) is 0.451. The molecule has 6 aromatic rings. The molecule has 0 spiro atoms. The molecule has 15 atom stereocenters. The van der Waals surface area contributed by atoms with Crippen molar-refractivity contribution < 1.29 is 130 Å². The number of aromatic hydroxyl groups is 1. The fourth-order valence-corrected chi connectivity index (χ4v) is 16.5. The van der Waals surface area contributed by atoms with Gasteiger partial charge in [-0.1, -0.05) is 125 Å². The van der Waals surface area contributed by atoms with E-state index < -0.39 is 297 Å². The number of nitrogens with one attached hydrogen (secondary N) is 9. The van der Waals surface area contributed by atoms with Gasteiger partial charge in [0.2, 0.25) is 82.7 Å². The number of fused-ring (bicyclic) bond motifs is 1. The Kier molecular flexibility index (Phi) is 39.7. The standard InChI is InChI=1S/C91H113F3N16O24S/c1-7-8-23-68(90(133)110-44-57(114)38-70(110)85(128)99-54(45-111)37-76(119)120)106(4)89(132)72(35-50-19-13-10-14-20-50)108(6)87(130)66(33-52-30-59(92)78(94)60(93)31-52)100-74(116)47-135-46-67(80(123)98-42-73(95)115)105-83(126)65(40-77(121)122)103-81(124)63(32-51-24-26-55(112)27-25-51)102-82(125)64(36-53-41-97-61-22-16-15-21-58(53)61)104-86(129)71-39-56(113)43-109(71)88(131)62(28-29-75(117)118)101-84(127)69(34-49-17-11-9-12-18-49)107(5)91(134)79(96)48(2)3/h9-22,24-27,30-31,41,45,48,54,56-57,62-72,79,97,112-114H,7-8,23,28-29,32-40,42-44,46-47,96H2,1-6H3,(H2,95,115)(H,98,123)(H,99,128)(H,100,116)(H,101,127)(H,102,125)(H,103,124)(H,104,129)(H,105,126)(H,117,118)(H,119,120)(H,121,122)/t54-,56+,57+,62-,63-,64-,65-,66-,67-,68-,69?,70+,71+,72-,79-/m0/s1. The van der Waals surface area contributed by atoms with Crippen LogP contribution in [0.3, 0.4) is 0 Å². The molecule has 5 aromatic carbocycles. The van der Waals surface area contributed by atoms with Crippen molar-refractivity contribution in [3.05, 3.63) is 173 Å². The number of hydrogen-bond donors (Lipinski definition) is 17. The zero-order valence-corrected chi connectivity index (χ0v) is 75.7. The van der Waals surface area contributed by atoms with E-state index in [-0.39, 0.29) is 55.6 Å². The maximum Gasteiger partial charge on any atom is 0.305 e. The van der Waals surface area contributed by atoms with Gasteiger partial charge in [-0.05, 0) is 76.9 Å².